The molecular formula is C15H14N4O. The van der Waals surface area contributed by atoms with Gasteiger partial charge in [0.15, 0.2) is 17.2 Å². The van der Waals surface area contributed by atoms with Gasteiger partial charge in [-0.1, -0.05) is 6.07 Å². The Morgan fingerprint density at radius 2 is 2.20 bits per heavy atom. The van der Waals surface area contributed by atoms with Crippen LogP contribution in [0, 0.1) is 6.92 Å². The lowest BCUT2D eigenvalue weighted by molar-refractivity contribution is 0.324. The highest BCUT2D eigenvalue weighted by Crippen LogP contribution is 2.37. The van der Waals surface area contributed by atoms with Gasteiger partial charge in [0.25, 0.3) is 0 Å². The first-order valence-electron chi connectivity index (χ1n) is 6.64. The van der Waals surface area contributed by atoms with Gasteiger partial charge in [0.05, 0.1) is 11.3 Å². The minimum absolute atomic E-state index is 0.667. The summed E-state index contributed by atoms with van der Waals surface area (Å²) in [7, 11) is 0. The van der Waals surface area contributed by atoms with Crippen molar-refractivity contribution in [2.75, 3.05) is 18.5 Å². The number of aromatic nitrogens is 3. The summed E-state index contributed by atoms with van der Waals surface area (Å²) in [4.78, 5) is 0. The highest BCUT2D eigenvalue weighted by molar-refractivity contribution is 5.76. The number of hydrogen-bond donors (Lipinski definition) is 1. The third kappa shape index (κ3) is 1.63. The zero-order chi connectivity index (χ0) is 13.5. The molecule has 0 saturated carbocycles. The lowest BCUT2D eigenvalue weighted by Gasteiger charge is -2.21. The normalized spacial score (nSPS) is 13.7. The number of nitrogens with one attached hydrogen (secondary N) is 1. The van der Waals surface area contributed by atoms with Crippen molar-refractivity contribution < 1.29 is 4.74 Å². The molecule has 1 aromatic carbocycles. The van der Waals surface area contributed by atoms with E-state index in [9.17, 15) is 0 Å². The molecule has 4 rings (SSSR count). The Balaban J connectivity index is 1.95. The SMILES string of the molecule is Cc1ccn2c(-c3cccc4c3OCCN4)nnc2c1. The number of anilines is 1. The minimum Gasteiger partial charge on any atom is -0.489 e. The first kappa shape index (κ1) is 11.3. The number of para-hydroxylation sites is 1. The van der Waals surface area contributed by atoms with Gasteiger partial charge in [0.1, 0.15) is 6.61 Å². The number of rotatable bonds is 1. The Morgan fingerprint density at radius 1 is 1.25 bits per heavy atom. The average Bonchev–Trinajstić information content (AvgIpc) is 2.89. The van der Waals surface area contributed by atoms with Gasteiger partial charge in [-0.3, -0.25) is 4.40 Å². The molecule has 0 aliphatic carbocycles. The van der Waals surface area contributed by atoms with Gasteiger partial charge in [-0.25, -0.2) is 0 Å². The van der Waals surface area contributed by atoms with E-state index in [0.717, 1.165) is 35.0 Å². The van der Waals surface area contributed by atoms with Crippen LogP contribution in [-0.4, -0.2) is 27.7 Å². The Kier molecular flexibility index (Phi) is 2.39. The Labute approximate surface area is 116 Å². The maximum Gasteiger partial charge on any atom is 0.172 e. The van der Waals surface area contributed by atoms with Gasteiger partial charge in [-0.2, -0.15) is 0 Å². The van der Waals surface area contributed by atoms with Gasteiger partial charge >= 0.3 is 0 Å². The summed E-state index contributed by atoms with van der Waals surface area (Å²) in [5.41, 5.74) is 3.99. The van der Waals surface area contributed by atoms with Crippen molar-refractivity contribution in [3.8, 4) is 17.1 Å². The van der Waals surface area contributed by atoms with Crippen LogP contribution in [0.5, 0.6) is 5.75 Å². The second-order valence-corrected chi connectivity index (χ2v) is 4.91. The van der Waals surface area contributed by atoms with E-state index in [2.05, 4.69) is 15.5 Å². The standard InChI is InChI=1S/C15H14N4O/c1-10-5-7-19-13(9-10)17-18-15(19)11-3-2-4-12-14(11)20-8-6-16-12/h2-5,7,9,16H,6,8H2,1H3. The molecule has 20 heavy (non-hydrogen) atoms. The van der Waals surface area contributed by atoms with E-state index in [1.165, 1.54) is 5.56 Å². The van der Waals surface area contributed by atoms with Crippen LogP contribution >= 0.6 is 0 Å². The molecule has 5 nitrogen and oxygen atoms in total. The van der Waals surface area contributed by atoms with Crippen LogP contribution in [0.15, 0.2) is 36.5 Å². The molecule has 0 unspecified atom stereocenters. The van der Waals surface area contributed by atoms with Crippen molar-refractivity contribution in [2.45, 2.75) is 6.92 Å². The number of fused-ring (bicyclic) bond motifs is 2. The maximum atomic E-state index is 5.81. The number of benzene rings is 1. The smallest absolute Gasteiger partial charge is 0.172 e. The first-order valence-corrected chi connectivity index (χ1v) is 6.64. The molecule has 0 bridgehead atoms. The van der Waals surface area contributed by atoms with Crippen LogP contribution in [0.2, 0.25) is 0 Å². The number of nitrogens with zero attached hydrogens (tertiary/aromatic N) is 3. The number of hydrogen-bond acceptors (Lipinski definition) is 4. The second kappa shape index (κ2) is 4.23. The molecule has 0 fully saturated rings. The largest absolute Gasteiger partial charge is 0.489 e. The van der Waals surface area contributed by atoms with E-state index in [4.69, 9.17) is 4.74 Å². The van der Waals surface area contributed by atoms with Gasteiger partial charge in [-0.15, -0.1) is 10.2 Å². The third-order valence-corrected chi connectivity index (χ3v) is 3.49. The molecule has 0 atom stereocenters. The third-order valence-electron chi connectivity index (χ3n) is 3.49. The molecule has 0 saturated heterocycles. The summed E-state index contributed by atoms with van der Waals surface area (Å²) in [6, 6.07) is 10.1. The zero-order valence-electron chi connectivity index (χ0n) is 11.1. The Hall–Kier alpha value is -2.56. The van der Waals surface area contributed by atoms with Crippen molar-refractivity contribution in [2.24, 2.45) is 0 Å². The Morgan fingerprint density at radius 3 is 3.15 bits per heavy atom. The van der Waals surface area contributed by atoms with Gasteiger partial charge < -0.3 is 10.1 Å². The maximum absolute atomic E-state index is 5.81. The lowest BCUT2D eigenvalue weighted by Crippen LogP contribution is -2.18. The summed E-state index contributed by atoms with van der Waals surface area (Å²) in [5, 5.41) is 11.9. The summed E-state index contributed by atoms with van der Waals surface area (Å²) in [6.45, 7) is 3.54. The van der Waals surface area contributed by atoms with Crippen molar-refractivity contribution in [1.29, 1.82) is 0 Å². The summed E-state index contributed by atoms with van der Waals surface area (Å²) in [5.74, 6) is 1.66. The van der Waals surface area contributed by atoms with E-state index < -0.39 is 0 Å². The molecule has 0 spiro atoms. The van der Waals surface area contributed by atoms with Crippen molar-refractivity contribution in [3.05, 3.63) is 42.1 Å². The highest BCUT2D eigenvalue weighted by Gasteiger charge is 2.18. The van der Waals surface area contributed by atoms with Crippen molar-refractivity contribution in [3.63, 3.8) is 0 Å². The van der Waals surface area contributed by atoms with Crippen molar-refractivity contribution >= 4 is 11.3 Å². The topological polar surface area (TPSA) is 51.5 Å². The van der Waals surface area contributed by atoms with Gasteiger partial charge in [0.2, 0.25) is 0 Å². The van der Waals surface area contributed by atoms with E-state index >= 15 is 0 Å². The fourth-order valence-corrected chi connectivity index (χ4v) is 2.52. The van der Waals surface area contributed by atoms with E-state index in [-0.39, 0.29) is 0 Å². The van der Waals surface area contributed by atoms with Crippen LogP contribution in [0.25, 0.3) is 17.0 Å². The zero-order valence-corrected chi connectivity index (χ0v) is 11.1. The molecule has 3 heterocycles. The molecule has 2 aromatic heterocycles. The van der Waals surface area contributed by atoms with E-state index in [1.807, 2.05) is 47.9 Å². The molecule has 1 aliphatic heterocycles. The van der Waals surface area contributed by atoms with Crippen molar-refractivity contribution in [1.82, 2.24) is 14.6 Å². The van der Waals surface area contributed by atoms with Crippen LogP contribution in [0.3, 0.4) is 0 Å². The fourth-order valence-electron chi connectivity index (χ4n) is 2.52. The molecular weight excluding hydrogens is 252 g/mol. The predicted octanol–water partition coefficient (Wildman–Crippen LogP) is 2.51. The average molecular weight is 266 g/mol. The molecule has 100 valence electrons. The van der Waals surface area contributed by atoms with E-state index in [0.29, 0.717) is 6.61 Å². The van der Waals surface area contributed by atoms with Gasteiger partial charge in [-0.05, 0) is 36.8 Å². The second-order valence-electron chi connectivity index (χ2n) is 4.91. The highest BCUT2D eigenvalue weighted by atomic mass is 16.5. The molecule has 0 amide bonds. The number of aryl methyl sites for hydroxylation is 1. The lowest BCUT2D eigenvalue weighted by atomic mass is 10.1. The molecule has 1 N–H and O–H groups in total. The monoisotopic (exact) mass is 266 g/mol. The van der Waals surface area contributed by atoms with Crippen LogP contribution in [0.1, 0.15) is 5.56 Å². The molecule has 5 heteroatoms. The molecule has 3 aromatic rings. The van der Waals surface area contributed by atoms with Crippen LogP contribution in [0.4, 0.5) is 5.69 Å². The Bertz CT molecular complexity index is 794. The van der Waals surface area contributed by atoms with Crippen LogP contribution in [-0.2, 0) is 0 Å². The molecule has 1 aliphatic rings. The number of ether oxygens (including phenoxy) is 1. The number of pyridine rings is 1. The summed E-state index contributed by atoms with van der Waals surface area (Å²) >= 11 is 0. The molecule has 0 radical (unpaired) electrons. The summed E-state index contributed by atoms with van der Waals surface area (Å²) < 4.78 is 7.79. The minimum atomic E-state index is 0.667. The van der Waals surface area contributed by atoms with E-state index in [1.54, 1.807) is 0 Å². The van der Waals surface area contributed by atoms with Gasteiger partial charge in [0, 0.05) is 12.7 Å². The summed E-state index contributed by atoms with van der Waals surface area (Å²) in [6.07, 6.45) is 2.00. The fraction of sp³-hybridized carbons (Fsp3) is 0.200. The van der Waals surface area contributed by atoms with Crippen LogP contribution < -0.4 is 10.1 Å². The quantitative estimate of drug-likeness (QED) is 0.735. The first-order chi connectivity index (χ1) is 9.83. The predicted molar refractivity (Wildman–Crippen MR) is 77.1 cm³/mol.